The van der Waals surface area contributed by atoms with Crippen LogP contribution in [0.2, 0.25) is 0 Å². The average molecular weight is 477 g/mol. The van der Waals surface area contributed by atoms with E-state index in [1.54, 1.807) is 16.7 Å². The normalized spacial score (nSPS) is 11.7. The number of anilines is 1. The van der Waals surface area contributed by atoms with E-state index in [9.17, 15) is 9.59 Å². The minimum atomic E-state index is -0.250. The van der Waals surface area contributed by atoms with Crippen molar-refractivity contribution in [1.29, 1.82) is 0 Å². The Morgan fingerprint density at radius 1 is 1.06 bits per heavy atom. The topological polar surface area (TPSA) is 76.5 Å². The van der Waals surface area contributed by atoms with Gasteiger partial charge in [0.25, 0.3) is 0 Å². The Kier molecular flexibility index (Phi) is 9.47. The maximum Gasteiger partial charge on any atom is 0.245 e. The Morgan fingerprint density at radius 3 is 2.37 bits per heavy atom. The van der Waals surface area contributed by atoms with Crippen molar-refractivity contribution in [3.8, 4) is 22.7 Å². The summed E-state index contributed by atoms with van der Waals surface area (Å²) in [6.45, 7) is 6.56. The van der Waals surface area contributed by atoms with Crippen molar-refractivity contribution in [3.63, 3.8) is 0 Å². The zero-order valence-corrected chi connectivity index (χ0v) is 21.2. The van der Waals surface area contributed by atoms with Crippen molar-refractivity contribution in [3.05, 3.63) is 60.7 Å². The van der Waals surface area contributed by atoms with Gasteiger partial charge in [-0.05, 0) is 44.0 Å². The zero-order chi connectivity index (χ0) is 25.2. The van der Waals surface area contributed by atoms with Crippen LogP contribution in [0, 0.1) is 5.92 Å². The molecule has 0 aliphatic rings. The zero-order valence-electron chi connectivity index (χ0n) is 21.2. The monoisotopic (exact) mass is 476 g/mol. The van der Waals surface area contributed by atoms with Gasteiger partial charge in [-0.2, -0.15) is 5.10 Å². The number of methoxy groups -OCH3 is 1. The van der Waals surface area contributed by atoms with Gasteiger partial charge in [0.15, 0.2) is 0 Å². The molecule has 0 aliphatic carbocycles. The number of likely N-dealkylation sites (N-methyl/N-ethyl adjacent to an activating group) is 1. The molecule has 0 saturated carbocycles. The van der Waals surface area contributed by atoms with Crippen LogP contribution in [0.5, 0.6) is 5.75 Å². The first-order valence-corrected chi connectivity index (χ1v) is 12.4. The second kappa shape index (κ2) is 12.7. The van der Waals surface area contributed by atoms with E-state index in [-0.39, 0.29) is 24.3 Å². The van der Waals surface area contributed by atoms with Crippen molar-refractivity contribution in [2.45, 2.75) is 46.5 Å². The Hall–Kier alpha value is -3.61. The highest BCUT2D eigenvalue weighted by Gasteiger charge is 2.24. The lowest BCUT2D eigenvalue weighted by Gasteiger charge is -2.25. The second-order valence-electron chi connectivity index (χ2n) is 8.54. The quantitative estimate of drug-likeness (QED) is 0.372. The van der Waals surface area contributed by atoms with Crippen LogP contribution in [0.4, 0.5) is 5.82 Å². The Morgan fingerprint density at radius 2 is 1.77 bits per heavy atom. The summed E-state index contributed by atoms with van der Waals surface area (Å²) in [6.07, 6.45) is 3.70. The second-order valence-corrected chi connectivity index (χ2v) is 8.54. The van der Waals surface area contributed by atoms with Gasteiger partial charge in [0.2, 0.25) is 11.8 Å². The van der Waals surface area contributed by atoms with Crippen LogP contribution in [0.25, 0.3) is 16.9 Å². The van der Waals surface area contributed by atoms with Crippen molar-refractivity contribution < 1.29 is 14.3 Å². The van der Waals surface area contributed by atoms with E-state index < -0.39 is 0 Å². The summed E-state index contributed by atoms with van der Waals surface area (Å²) in [5.41, 5.74) is 2.48. The number of ether oxygens (including phenoxy) is 1. The molecule has 3 aromatic rings. The van der Waals surface area contributed by atoms with Gasteiger partial charge in [0, 0.05) is 24.1 Å². The van der Waals surface area contributed by atoms with Gasteiger partial charge in [0.1, 0.15) is 11.6 Å². The first-order chi connectivity index (χ1) is 17.0. The number of benzene rings is 2. The largest absolute Gasteiger partial charge is 0.497 e. The van der Waals surface area contributed by atoms with Crippen molar-refractivity contribution in [2.24, 2.45) is 5.92 Å². The molecular formula is C28H36N4O3. The molecule has 7 nitrogen and oxygen atoms in total. The molecule has 1 atom stereocenters. The van der Waals surface area contributed by atoms with E-state index >= 15 is 0 Å². The van der Waals surface area contributed by atoms with Gasteiger partial charge in [-0.25, -0.2) is 4.68 Å². The molecule has 7 heteroatoms. The predicted octanol–water partition coefficient (Wildman–Crippen LogP) is 5.55. The Labute approximate surface area is 208 Å². The van der Waals surface area contributed by atoms with Crippen LogP contribution < -0.4 is 10.1 Å². The van der Waals surface area contributed by atoms with E-state index in [1.165, 1.54) is 0 Å². The van der Waals surface area contributed by atoms with Gasteiger partial charge in [-0.1, -0.05) is 57.0 Å². The number of nitrogens with zero attached hydrogens (tertiary/aromatic N) is 3. The van der Waals surface area contributed by atoms with Gasteiger partial charge >= 0.3 is 0 Å². The van der Waals surface area contributed by atoms with Crippen LogP contribution in [0.15, 0.2) is 60.7 Å². The molecule has 0 bridgehead atoms. The molecule has 3 rings (SSSR count). The Bertz CT molecular complexity index is 1090. The minimum absolute atomic E-state index is 0.00637. The molecule has 0 saturated heterocycles. The standard InChI is InChI=1S/C28H36N4O3/c1-5-8-12-21(6-2)28(34)31(7-3)20-27(33)29-26-19-25(22-13-10-9-11-14-22)30-32(26)23-15-17-24(35-4)18-16-23/h9-11,13-19,21H,5-8,12,20H2,1-4H3,(H,29,33). The number of hydrogen-bond acceptors (Lipinski definition) is 4. The number of unbranched alkanes of at least 4 members (excludes halogenated alkanes) is 1. The van der Waals surface area contributed by atoms with Crippen molar-refractivity contribution >= 4 is 17.6 Å². The summed E-state index contributed by atoms with van der Waals surface area (Å²) in [6, 6.07) is 19.1. The molecule has 0 aliphatic heterocycles. The fraction of sp³-hybridized carbons (Fsp3) is 0.393. The highest BCUT2D eigenvalue weighted by atomic mass is 16.5. The lowest BCUT2D eigenvalue weighted by Crippen LogP contribution is -2.41. The lowest BCUT2D eigenvalue weighted by molar-refractivity contribution is -0.138. The third-order valence-corrected chi connectivity index (χ3v) is 6.14. The molecule has 0 spiro atoms. The number of carbonyl (C=O) groups is 2. The first-order valence-electron chi connectivity index (χ1n) is 12.4. The summed E-state index contributed by atoms with van der Waals surface area (Å²) in [4.78, 5) is 27.8. The molecule has 2 aromatic carbocycles. The van der Waals surface area contributed by atoms with Gasteiger partial charge in [0.05, 0.1) is 25.0 Å². The van der Waals surface area contributed by atoms with Crippen molar-refractivity contribution in [2.75, 3.05) is 25.5 Å². The minimum Gasteiger partial charge on any atom is -0.497 e. The lowest BCUT2D eigenvalue weighted by atomic mass is 9.97. The van der Waals surface area contributed by atoms with E-state index in [0.717, 1.165) is 48.4 Å². The van der Waals surface area contributed by atoms with E-state index in [0.29, 0.717) is 12.4 Å². The van der Waals surface area contributed by atoms with Crippen LogP contribution in [-0.4, -0.2) is 46.7 Å². The molecule has 35 heavy (non-hydrogen) atoms. The third kappa shape index (κ3) is 6.72. The molecule has 1 N–H and O–H groups in total. The van der Waals surface area contributed by atoms with Crippen LogP contribution in [0.1, 0.15) is 46.5 Å². The average Bonchev–Trinajstić information content (AvgIpc) is 3.31. The highest BCUT2D eigenvalue weighted by Crippen LogP contribution is 2.26. The fourth-order valence-corrected chi connectivity index (χ4v) is 4.05. The summed E-state index contributed by atoms with van der Waals surface area (Å²) in [5, 5.41) is 7.73. The van der Waals surface area contributed by atoms with Gasteiger partial charge in [-0.3, -0.25) is 9.59 Å². The van der Waals surface area contributed by atoms with Gasteiger partial charge in [-0.15, -0.1) is 0 Å². The van der Waals surface area contributed by atoms with Crippen LogP contribution >= 0.6 is 0 Å². The number of carbonyl (C=O) groups excluding carboxylic acids is 2. The number of amides is 2. The molecule has 2 amide bonds. The number of aromatic nitrogens is 2. The van der Waals surface area contributed by atoms with Gasteiger partial charge < -0.3 is 15.0 Å². The van der Waals surface area contributed by atoms with Crippen LogP contribution in [0.3, 0.4) is 0 Å². The van der Waals surface area contributed by atoms with Crippen LogP contribution in [-0.2, 0) is 9.59 Å². The van der Waals surface area contributed by atoms with E-state index in [1.807, 2.05) is 74.5 Å². The molecule has 1 unspecified atom stereocenters. The highest BCUT2D eigenvalue weighted by molar-refractivity contribution is 5.95. The maximum absolute atomic E-state index is 13.1. The predicted molar refractivity (Wildman–Crippen MR) is 140 cm³/mol. The summed E-state index contributed by atoms with van der Waals surface area (Å²) >= 11 is 0. The molecule has 186 valence electrons. The van der Waals surface area contributed by atoms with Crippen molar-refractivity contribution in [1.82, 2.24) is 14.7 Å². The summed E-state index contributed by atoms with van der Waals surface area (Å²) in [5.74, 6) is 1.03. The third-order valence-electron chi connectivity index (χ3n) is 6.14. The molecule has 1 heterocycles. The Balaban J connectivity index is 1.83. The number of rotatable bonds is 12. The fourth-order valence-electron chi connectivity index (χ4n) is 4.05. The molecular weight excluding hydrogens is 440 g/mol. The maximum atomic E-state index is 13.1. The molecule has 1 aromatic heterocycles. The first kappa shape index (κ1) is 26.0. The van der Waals surface area contributed by atoms with E-state index in [2.05, 4.69) is 12.2 Å². The summed E-state index contributed by atoms with van der Waals surface area (Å²) < 4.78 is 6.97. The van der Waals surface area contributed by atoms with E-state index in [4.69, 9.17) is 9.84 Å². The number of hydrogen-bond donors (Lipinski definition) is 1. The SMILES string of the molecule is CCCCC(CC)C(=O)N(CC)CC(=O)Nc1cc(-c2ccccc2)nn1-c1ccc(OC)cc1. The number of nitrogens with one attached hydrogen (secondary N) is 1. The molecule has 0 fully saturated rings. The summed E-state index contributed by atoms with van der Waals surface area (Å²) in [7, 11) is 1.62. The molecule has 0 radical (unpaired) electrons. The smallest absolute Gasteiger partial charge is 0.245 e.